The molecule has 2 aromatic rings. The molecule has 0 radical (unpaired) electrons. The van der Waals surface area contributed by atoms with Gasteiger partial charge >= 0.3 is 0 Å². The minimum absolute atomic E-state index is 0.0317. The van der Waals surface area contributed by atoms with Crippen LogP contribution in [-0.4, -0.2) is 82.4 Å². The van der Waals surface area contributed by atoms with E-state index in [1.54, 1.807) is 56.6 Å². The molecule has 0 saturated carbocycles. The van der Waals surface area contributed by atoms with E-state index in [9.17, 15) is 13.2 Å². The van der Waals surface area contributed by atoms with Crippen LogP contribution in [0.15, 0.2) is 58.6 Å². The van der Waals surface area contributed by atoms with E-state index in [0.717, 1.165) is 6.26 Å². The number of nitrogens with one attached hydrogen (secondary N) is 2. The average molecular weight is 572 g/mol. The van der Waals surface area contributed by atoms with Gasteiger partial charge in [0.1, 0.15) is 24.3 Å². The Hall–Kier alpha value is -3.87. The van der Waals surface area contributed by atoms with Gasteiger partial charge in [0.15, 0.2) is 0 Å². The fourth-order valence-electron chi connectivity index (χ4n) is 3.75. The van der Waals surface area contributed by atoms with Crippen molar-refractivity contribution in [3.8, 4) is 0 Å². The lowest BCUT2D eigenvalue weighted by Gasteiger charge is -2.26. The first kappa shape index (κ1) is 29.7. The summed E-state index contributed by atoms with van der Waals surface area (Å²) >= 11 is 6.12. The van der Waals surface area contributed by atoms with Gasteiger partial charge in [-0.05, 0) is 36.8 Å². The molecule has 1 amide bonds. The second kappa shape index (κ2) is 12.3. The standard InChI is InChI=1S/C26H30ClN7O4S/c1-16(29)34-23-10-7-18(19(12-28)13-31-14-24(35)33(2)3)11-21(23)25(17-5-8-20(27)9-6-17)32-22(26(34)30)15-38-39(4,36)37/h5-13,22,29-30H,14-15,28H2,1-4H3/t22-/m0/s1. The Morgan fingerprint density at radius 1 is 1.26 bits per heavy atom. The van der Waals surface area contributed by atoms with Crippen LogP contribution in [0.2, 0.25) is 5.02 Å². The summed E-state index contributed by atoms with van der Waals surface area (Å²) in [4.78, 5) is 23.7. The normalized spacial score (nSPS) is 16.1. The highest BCUT2D eigenvalue weighted by molar-refractivity contribution is 7.86. The molecule has 1 aliphatic rings. The zero-order chi connectivity index (χ0) is 28.9. The third-order valence-corrected chi connectivity index (χ3v) is 6.51. The van der Waals surface area contributed by atoms with Crippen molar-refractivity contribution in [2.45, 2.75) is 13.0 Å². The van der Waals surface area contributed by atoms with E-state index >= 15 is 0 Å². The number of anilines is 1. The van der Waals surface area contributed by atoms with E-state index in [0.29, 0.717) is 38.7 Å². The largest absolute Gasteiger partial charge is 0.404 e. The highest BCUT2D eigenvalue weighted by atomic mass is 35.5. The maximum atomic E-state index is 11.9. The van der Waals surface area contributed by atoms with Crippen molar-refractivity contribution in [3.05, 3.63) is 70.4 Å². The summed E-state index contributed by atoms with van der Waals surface area (Å²) in [5, 5.41) is 17.7. The predicted molar refractivity (Wildman–Crippen MR) is 156 cm³/mol. The maximum absolute atomic E-state index is 11.9. The molecule has 206 valence electrons. The molecule has 1 atom stereocenters. The van der Waals surface area contributed by atoms with Gasteiger partial charge in [0.2, 0.25) is 5.91 Å². The molecule has 1 aliphatic heterocycles. The van der Waals surface area contributed by atoms with Crippen LogP contribution in [-0.2, 0) is 19.1 Å². The van der Waals surface area contributed by atoms with Crippen LogP contribution in [0, 0.1) is 10.8 Å². The number of benzene rings is 2. The van der Waals surface area contributed by atoms with Crippen LogP contribution in [0.5, 0.6) is 0 Å². The number of amides is 1. The molecule has 0 unspecified atom stereocenters. The predicted octanol–water partition coefficient (Wildman–Crippen LogP) is 2.78. The Morgan fingerprint density at radius 2 is 1.92 bits per heavy atom. The van der Waals surface area contributed by atoms with Gasteiger partial charge in [-0.1, -0.05) is 29.8 Å². The minimum Gasteiger partial charge on any atom is -0.404 e. The molecule has 0 aliphatic carbocycles. The van der Waals surface area contributed by atoms with Crippen molar-refractivity contribution in [2.24, 2.45) is 15.7 Å². The van der Waals surface area contributed by atoms with E-state index < -0.39 is 22.8 Å². The van der Waals surface area contributed by atoms with Crippen LogP contribution in [0.1, 0.15) is 23.6 Å². The number of halogens is 1. The van der Waals surface area contributed by atoms with E-state index in [4.69, 9.17) is 37.3 Å². The molecular formula is C26H30ClN7O4S. The molecule has 0 spiro atoms. The number of carbonyl (C=O) groups excluding carboxylic acids is 1. The summed E-state index contributed by atoms with van der Waals surface area (Å²) in [7, 11) is -0.525. The van der Waals surface area contributed by atoms with Crippen LogP contribution in [0.3, 0.4) is 0 Å². The van der Waals surface area contributed by atoms with Crippen molar-refractivity contribution in [3.63, 3.8) is 0 Å². The van der Waals surface area contributed by atoms with Crippen molar-refractivity contribution >= 4 is 62.5 Å². The van der Waals surface area contributed by atoms with Crippen molar-refractivity contribution < 1.29 is 17.4 Å². The van der Waals surface area contributed by atoms with Gasteiger partial charge in [-0.25, -0.2) is 0 Å². The highest BCUT2D eigenvalue weighted by Gasteiger charge is 2.32. The number of benzodiazepines with no additional fused rings is 1. The zero-order valence-electron chi connectivity index (χ0n) is 22.0. The third-order valence-electron chi connectivity index (χ3n) is 5.70. The first-order chi connectivity index (χ1) is 18.3. The van der Waals surface area contributed by atoms with Crippen molar-refractivity contribution in [1.29, 1.82) is 10.8 Å². The number of amidine groups is 2. The van der Waals surface area contributed by atoms with Gasteiger partial charge in [0.05, 0.1) is 24.3 Å². The van der Waals surface area contributed by atoms with Crippen molar-refractivity contribution in [1.82, 2.24) is 4.90 Å². The summed E-state index contributed by atoms with van der Waals surface area (Å²) in [6.07, 6.45) is 3.79. The molecular weight excluding hydrogens is 542 g/mol. The third kappa shape index (κ3) is 7.37. The van der Waals surface area contributed by atoms with Gasteiger partial charge in [-0.2, -0.15) is 8.42 Å². The molecule has 13 heteroatoms. The fourth-order valence-corrected chi connectivity index (χ4v) is 4.25. The Bertz CT molecular complexity index is 1480. The zero-order valence-corrected chi connectivity index (χ0v) is 23.5. The summed E-state index contributed by atoms with van der Waals surface area (Å²) in [5.74, 6) is -0.258. The lowest BCUT2D eigenvalue weighted by Crippen LogP contribution is -2.42. The van der Waals surface area contributed by atoms with E-state index in [1.165, 1.54) is 29.1 Å². The lowest BCUT2D eigenvalue weighted by molar-refractivity contribution is -0.127. The Labute approximate surface area is 232 Å². The topological polar surface area (TPSA) is 165 Å². The number of likely N-dealkylation sites (N-methyl/N-ethyl adjacent to an activating group) is 1. The number of nitrogens with two attached hydrogens (primary N) is 1. The number of hydrogen-bond acceptors (Lipinski definition) is 9. The number of nitrogens with zero attached hydrogens (tertiary/aromatic N) is 4. The van der Waals surface area contributed by atoms with Crippen molar-refractivity contribution in [2.75, 3.05) is 38.4 Å². The SMILES string of the molecule is CC(=N)N1C(=N)[C@H](COS(C)(=O)=O)N=C(c2ccc(Cl)cc2)c2cc(C(C=NCC(=O)N(C)C)=CN)ccc21. The first-order valence-electron chi connectivity index (χ1n) is 11.7. The quantitative estimate of drug-likeness (QED) is 0.250. The van der Waals surface area contributed by atoms with Gasteiger partial charge < -0.3 is 10.6 Å². The number of carbonyl (C=O) groups is 1. The second-order valence-corrected chi connectivity index (χ2v) is 11.0. The van der Waals surface area contributed by atoms with E-state index in [2.05, 4.69) is 4.99 Å². The Balaban J connectivity index is 2.20. The summed E-state index contributed by atoms with van der Waals surface area (Å²) in [6.45, 7) is 1.06. The monoisotopic (exact) mass is 571 g/mol. The van der Waals surface area contributed by atoms with Gasteiger partial charge in [-0.3, -0.25) is 34.7 Å². The summed E-state index contributed by atoms with van der Waals surface area (Å²) in [5.41, 5.74) is 9.24. The summed E-state index contributed by atoms with van der Waals surface area (Å²) in [6, 6.07) is 11.2. The minimum atomic E-state index is -3.81. The van der Waals surface area contributed by atoms with E-state index in [1.807, 2.05) is 0 Å². The lowest BCUT2D eigenvalue weighted by atomic mass is 9.95. The average Bonchev–Trinajstić information content (AvgIpc) is 2.98. The molecule has 0 bridgehead atoms. The van der Waals surface area contributed by atoms with E-state index in [-0.39, 0.29) is 24.1 Å². The fraction of sp³-hybridized carbons (Fsp3) is 0.269. The Kier molecular flexibility index (Phi) is 9.38. The molecule has 1 heterocycles. The molecule has 11 nitrogen and oxygen atoms in total. The molecule has 0 fully saturated rings. The highest BCUT2D eigenvalue weighted by Crippen LogP contribution is 2.32. The second-order valence-electron chi connectivity index (χ2n) is 8.91. The van der Waals surface area contributed by atoms with Gasteiger partial charge in [0, 0.05) is 48.2 Å². The smallest absolute Gasteiger partial charge is 0.264 e. The number of allylic oxidation sites excluding steroid dienone is 1. The van der Waals surface area contributed by atoms with Gasteiger partial charge in [0.25, 0.3) is 10.1 Å². The summed E-state index contributed by atoms with van der Waals surface area (Å²) < 4.78 is 28.5. The molecule has 3 rings (SSSR count). The van der Waals surface area contributed by atoms with Crippen LogP contribution in [0.4, 0.5) is 5.69 Å². The van der Waals surface area contributed by atoms with Crippen LogP contribution >= 0.6 is 11.6 Å². The number of aliphatic imine (C=N–C) groups is 2. The molecule has 4 N–H and O–H groups in total. The maximum Gasteiger partial charge on any atom is 0.264 e. The number of fused-ring (bicyclic) bond motifs is 1. The molecule has 0 aromatic heterocycles. The first-order valence-corrected chi connectivity index (χ1v) is 13.9. The molecule has 39 heavy (non-hydrogen) atoms. The molecule has 0 saturated heterocycles. The number of hydrogen-bond donors (Lipinski definition) is 3. The van der Waals surface area contributed by atoms with Crippen LogP contribution in [0.25, 0.3) is 5.57 Å². The number of rotatable bonds is 8. The van der Waals surface area contributed by atoms with Crippen LogP contribution < -0.4 is 10.6 Å². The van der Waals surface area contributed by atoms with Gasteiger partial charge in [-0.15, -0.1) is 0 Å². The molecule has 2 aromatic carbocycles. The Morgan fingerprint density at radius 3 is 2.49 bits per heavy atom.